The van der Waals surface area contributed by atoms with Gasteiger partial charge in [0.25, 0.3) is 0 Å². The third-order valence-corrected chi connectivity index (χ3v) is 6.75. The van der Waals surface area contributed by atoms with Gasteiger partial charge in [-0.2, -0.15) is 0 Å². The van der Waals surface area contributed by atoms with E-state index < -0.39 is 0 Å². The lowest BCUT2D eigenvalue weighted by atomic mass is 9.83. The molecule has 0 saturated heterocycles. The Bertz CT molecular complexity index is 1250. The molecule has 0 radical (unpaired) electrons. The van der Waals surface area contributed by atoms with Gasteiger partial charge in [-0.3, -0.25) is 0 Å². The molecule has 0 aliphatic heterocycles. The van der Waals surface area contributed by atoms with Crippen LogP contribution in [-0.4, -0.2) is 0 Å². The van der Waals surface area contributed by atoms with Crippen LogP contribution >= 0.6 is 0 Å². The Morgan fingerprint density at radius 1 is 0.857 bits per heavy atom. The Hall–Kier alpha value is -2.34. The Morgan fingerprint density at radius 2 is 1.61 bits per heavy atom. The van der Waals surface area contributed by atoms with Crippen molar-refractivity contribution in [1.29, 1.82) is 0 Å². The highest BCUT2D eigenvalue weighted by atomic mass is 14.4. The van der Waals surface area contributed by atoms with Crippen LogP contribution in [0.4, 0.5) is 0 Å². The van der Waals surface area contributed by atoms with Gasteiger partial charge in [-0.05, 0) is 74.2 Å². The average Bonchev–Trinajstić information content (AvgIpc) is 3.49. The summed E-state index contributed by atoms with van der Waals surface area (Å²) in [5.41, 5.74) is 3.58. The summed E-state index contributed by atoms with van der Waals surface area (Å²) in [6.45, 7) is 8.80. The third kappa shape index (κ3) is 2.58. The van der Waals surface area contributed by atoms with Crippen molar-refractivity contribution in [3.8, 4) is 0 Å². The van der Waals surface area contributed by atoms with Gasteiger partial charge in [0, 0.05) is 5.41 Å². The molecule has 6 rings (SSSR count). The third-order valence-electron chi connectivity index (χ3n) is 6.75. The van der Waals surface area contributed by atoms with Gasteiger partial charge >= 0.3 is 0 Å². The molecule has 1 saturated carbocycles. The molecule has 3 aliphatic rings. The van der Waals surface area contributed by atoms with Gasteiger partial charge in [0.15, 0.2) is 0 Å². The van der Waals surface area contributed by atoms with Gasteiger partial charge in [0.05, 0.1) is 0 Å². The molecular formula is C28H30. The van der Waals surface area contributed by atoms with E-state index in [2.05, 4.69) is 74.5 Å². The topological polar surface area (TPSA) is 0 Å². The first kappa shape index (κ1) is 17.7. The Labute approximate surface area is 168 Å². The van der Waals surface area contributed by atoms with Crippen LogP contribution in [0.5, 0.6) is 0 Å². The molecule has 0 atom stereocenters. The molecule has 1 spiro atoms. The van der Waals surface area contributed by atoms with Crippen LogP contribution in [0.25, 0.3) is 39.8 Å². The summed E-state index contributed by atoms with van der Waals surface area (Å²) in [5.74, 6) is 0. The van der Waals surface area contributed by atoms with Crippen LogP contribution in [0.15, 0.2) is 42.5 Å². The zero-order valence-electron chi connectivity index (χ0n) is 17.6. The van der Waals surface area contributed by atoms with Gasteiger partial charge in [-0.15, -0.1) is 0 Å². The molecule has 3 aliphatic carbocycles. The largest absolute Gasteiger partial charge is 0.0755 e. The number of benzene rings is 3. The summed E-state index contributed by atoms with van der Waals surface area (Å²) in [4.78, 5) is 0. The second-order valence-electron chi connectivity index (χ2n) is 9.40. The molecule has 0 aromatic heterocycles. The summed E-state index contributed by atoms with van der Waals surface area (Å²) in [6.07, 6.45) is 14.8. The lowest BCUT2D eigenvalue weighted by Gasteiger charge is -2.22. The fraction of sp³-hybridized carbons (Fsp3) is 0.357. The zero-order valence-corrected chi connectivity index (χ0v) is 17.6. The summed E-state index contributed by atoms with van der Waals surface area (Å²) in [5, 5.41) is 8.73. The highest BCUT2D eigenvalue weighted by Gasteiger charge is 2.38. The monoisotopic (exact) mass is 366 g/mol. The quantitative estimate of drug-likeness (QED) is 0.406. The van der Waals surface area contributed by atoms with Crippen molar-refractivity contribution < 1.29 is 0 Å². The predicted octanol–water partition coefficient (Wildman–Crippen LogP) is 6.36. The van der Waals surface area contributed by atoms with Crippen molar-refractivity contribution >= 4 is 39.8 Å². The van der Waals surface area contributed by atoms with Crippen LogP contribution < -0.4 is 10.4 Å². The molecule has 28 heavy (non-hydrogen) atoms. The van der Waals surface area contributed by atoms with Crippen LogP contribution in [0.2, 0.25) is 0 Å². The number of fused-ring (bicyclic) bond motifs is 2. The number of rotatable bonds is 0. The first-order valence-corrected chi connectivity index (χ1v) is 10.9. The molecule has 1 fully saturated rings. The zero-order chi connectivity index (χ0) is 19.5. The summed E-state index contributed by atoms with van der Waals surface area (Å²) in [6, 6.07) is 13.9. The van der Waals surface area contributed by atoms with Crippen molar-refractivity contribution in [2.24, 2.45) is 10.8 Å². The van der Waals surface area contributed by atoms with Crippen molar-refractivity contribution in [3.63, 3.8) is 0 Å². The Balaban J connectivity index is 0.000000829. The van der Waals surface area contributed by atoms with Crippen molar-refractivity contribution in [2.75, 3.05) is 0 Å². The van der Waals surface area contributed by atoms with Crippen molar-refractivity contribution in [3.05, 3.63) is 64.0 Å². The second-order valence-corrected chi connectivity index (χ2v) is 9.40. The van der Waals surface area contributed by atoms with Crippen molar-refractivity contribution in [2.45, 2.75) is 53.4 Å². The van der Waals surface area contributed by atoms with Gasteiger partial charge in [0.1, 0.15) is 0 Å². The lowest BCUT2D eigenvalue weighted by Crippen LogP contribution is -2.13. The van der Waals surface area contributed by atoms with E-state index >= 15 is 0 Å². The molecule has 0 bridgehead atoms. The van der Waals surface area contributed by atoms with Gasteiger partial charge in [-0.1, -0.05) is 88.4 Å². The number of hydrogen-bond donors (Lipinski definition) is 0. The van der Waals surface area contributed by atoms with Crippen LogP contribution in [-0.2, 0) is 6.42 Å². The van der Waals surface area contributed by atoms with Crippen LogP contribution in [0.1, 0.15) is 58.1 Å². The van der Waals surface area contributed by atoms with E-state index in [1.807, 2.05) is 13.8 Å². The average molecular weight is 367 g/mol. The van der Waals surface area contributed by atoms with E-state index in [0.717, 1.165) is 12.8 Å². The van der Waals surface area contributed by atoms with Gasteiger partial charge in [0.2, 0.25) is 0 Å². The molecule has 3 aromatic rings. The standard InChI is InChI=1S/C26H24.C2H6/c1-25(2)11-9-21-19-8-4-6-18-16-26(13-14-26)12-10-22(24(18)19)20-7-3-5-17(15-25)23(20)21;1-2/h3-10,12,16H,11,13-15H2,1-2H3;1-2H3. The molecule has 142 valence electrons. The van der Waals surface area contributed by atoms with Gasteiger partial charge < -0.3 is 0 Å². The molecule has 0 unspecified atom stereocenters. The fourth-order valence-electron chi connectivity index (χ4n) is 5.19. The number of hydrogen-bond acceptors (Lipinski definition) is 0. The number of allylic oxidation sites excluding steroid dienone is 1. The molecule has 0 amide bonds. The lowest BCUT2D eigenvalue weighted by molar-refractivity contribution is 0.381. The van der Waals surface area contributed by atoms with E-state index in [-0.39, 0.29) is 0 Å². The maximum absolute atomic E-state index is 2.53. The highest BCUT2D eigenvalue weighted by molar-refractivity contribution is 6.09. The van der Waals surface area contributed by atoms with Crippen LogP contribution in [0.3, 0.4) is 0 Å². The van der Waals surface area contributed by atoms with E-state index in [0.29, 0.717) is 10.8 Å². The highest BCUT2D eigenvalue weighted by Crippen LogP contribution is 2.50. The minimum atomic E-state index is 0.314. The molecule has 0 N–H and O–H groups in total. The van der Waals surface area contributed by atoms with E-state index in [4.69, 9.17) is 0 Å². The maximum atomic E-state index is 2.53. The maximum Gasteiger partial charge on any atom is 0.00743 e. The summed E-state index contributed by atoms with van der Waals surface area (Å²) in [7, 11) is 0. The summed E-state index contributed by atoms with van der Waals surface area (Å²) >= 11 is 0. The fourth-order valence-corrected chi connectivity index (χ4v) is 5.19. The summed E-state index contributed by atoms with van der Waals surface area (Å²) < 4.78 is 0. The molecule has 0 heterocycles. The van der Waals surface area contributed by atoms with E-state index in [1.54, 1.807) is 0 Å². The Kier molecular flexibility index (Phi) is 3.85. The van der Waals surface area contributed by atoms with Gasteiger partial charge in [-0.25, -0.2) is 0 Å². The molecule has 0 heteroatoms. The van der Waals surface area contributed by atoms with Crippen molar-refractivity contribution in [1.82, 2.24) is 0 Å². The van der Waals surface area contributed by atoms with E-state index in [9.17, 15) is 0 Å². The van der Waals surface area contributed by atoms with Crippen LogP contribution in [0, 0.1) is 10.8 Å². The molecular weight excluding hydrogens is 336 g/mol. The molecule has 3 aromatic carbocycles. The smallest absolute Gasteiger partial charge is 0.00743 e. The second kappa shape index (κ2) is 6.08. The van der Waals surface area contributed by atoms with E-state index in [1.165, 1.54) is 56.0 Å². The predicted molar refractivity (Wildman–Crippen MR) is 124 cm³/mol. The minimum absolute atomic E-state index is 0.314. The molecule has 0 nitrogen and oxygen atoms in total. The first-order chi connectivity index (χ1) is 13.6. The Morgan fingerprint density at radius 3 is 2.39 bits per heavy atom. The SMILES string of the molecule is CC.CC1(C)CC=c2c3cccc4c3c(c3cccc(c23)C1)C=CC1(C=4)CC1. The first-order valence-electron chi connectivity index (χ1n) is 10.9. The minimum Gasteiger partial charge on any atom is -0.0755 e. The normalized spacial score (nSPS) is 19.9.